The van der Waals surface area contributed by atoms with E-state index in [9.17, 15) is 13.8 Å². The maximum absolute atomic E-state index is 14.5. The Bertz CT molecular complexity index is 1910. The number of aryl methyl sites for hydroxylation is 2. The van der Waals surface area contributed by atoms with Crippen LogP contribution in [0, 0.1) is 17.8 Å². The molecular weight excluding hydrogens is 660 g/mol. The van der Waals surface area contributed by atoms with Crippen LogP contribution in [0.4, 0.5) is 5.69 Å². The van der Waals surface area contributed by atoms with Crippen LogP contribution in [0.25, 0.3) is 0 Å². The second-order valence-corrected chi connectivity index (χ2v) is 17.3. The van der Waals surface area contributed by atoms with E-state index >= 15 is 0 Å². The van der Waals surface area contributed by atoms with Crippen molar-refractivity contribution < 1.29 is 23.3 Å². The van der Waals surface area contributed by atoms with E-state index in [1.807, 2.05) is 25.1 Å². The molecule has 49 heavy (non-hydrogen) atoms. The predicted molar refractivity (Wildman–Crippen MR) is 192 cm³/mol. The monoisotopic (exact) mass is 704 g/mol. The van der Waals surface area contributed by atoms with Crippen LogP contribution in [0.15, 0.2) is 65.3 Å². The van der Waals surface area contributed by atoms with Crippen molar-refractivity contribution in [1.29, 1.82) is 0 Å². The maximum atomic E-state index is 14.5. The number of methoxy groups -OCH3 is 1. The van der Waals surface area contributed by atoms with Gasteiger partial charge in [-0.3, -0.25) is 14.3 Å². The van der Waals surface area contributed by atoms with Gasteiger partial charge in [0.15, 0.2) is 5.78 Å². The molecule has 2 aromatic carbocycles. The average Bonchev–Trinajstić information content (AvgIpc) is 3.43. The summed E-state index contributed by atoms with van der Waals surface area (Å²) in [6, 6.07) is 11.7. The van der Waals surface area contributed by atoms with Crippen molar-refractivity contribution in [2.75, 3.05) is 43.2 Å². The Hall–Kier alpha value is -3.47. The highest BCUT2D eigenvalue weighted by Crippen LogP contribution is 2.47. The van der Waals surface area contributed by atoms with Gasteiger partial charge in [0.2, 0.25) is 0 Å². The number of ketones is 1. The minimum absolute atomic E-state index is 0.0397. The molecule has 260 valence electrons. The van der Waals surface area contributed by atoms with Crippen molar-refractivity contribution in [3.63, 3.8) is 0 Å². The van der Waals surface area contributed by atoms with Crippen molar-refractivity contribution in [2.45, 2.75) is 57.0 Å². The molecule has 9 nitrogen and oxygen atoms in total. The molecule has 1 saturated carbocycles. The molecule has 2 aliphatic heterocycles. The Labute approximate surface area is 294 Å². The number of carbonyl (C=O) groups is 2. The first kappa shape index (κ1) is 34.0. The summed E-state index contributed by atoms with van der Waals surface area (Å²) in [6.45, 7) is 4.03. The smallest absolute Gasteiger partial charge is 0.285 e. The summed E-state index contributed by atoms with van der Waals surface area (Å²) in [5.41, 5.74) is 3.83. The lowest BCUT2D eigenvalue weighted by molar-refractivity contribution is 0.0131. The Kier molecular flexibility index (Phi) is 9.49. The molecule has 3 aromatic rings. The second kappa shape index (κ2) is 13.7. The number of hydrogen-bond donors (Lipinski definition) is 0. The number of allylic oxidation sites excluding steroid dienone is 1. The van der Waals surface area contributed by atoms with Crippen molar-refractivity contribution in [3.05, 3.63) is 88.2 Å². The van der Waals surface area contributed by atoms with Gasteiger partial charge in [-0.25, -0.2) is 4.21 Å². The van der Waals surface area contributed by atoms with Crippen LogP contribution >= 0.6 is 11.6 Å². The fourth-order valence-corrected chi connectivity index (χ4v) is 10.8. The quantitative estimate of drug-likeness (QED) is 0.221. The largest absolute Gasteiger partial charge is 0.490 e. The Morgan fingerprint density at radius 2 is 2.06 bits per heavy atom. The summed E-state index contributed by atoms with van der Waals surface area (Å²) in [5.74, 6) is 0.229. The molecule has 2 aliphatic carbocycles. The molecule has 1 spiro atoms. The summed E-state index contributed by atoms with van der Waals surface area (Å²) >= 11 is 6.45. The number of fused-ring (bicyclic) bond motifs is 4. The zero-order valence-electron chi connectivity index (χ0n) is 28.5. The molecule has 4 aliphatic rings. The van der Waals surface area contributed by atoms with E-state index in [0.717, 1.165) is 61.7 Å². The zero-order valence-corrected chi connectivity index (χ0v) is 30.0. The third kappa shape index (κ3) is 6.97. The van der Waals surface area contributed by atoms with E-state index in [0.29, 0.717) is 36.0 Å². The normalized spacial score (nSPS) is 30.6. The highest BCUT2D eigenvalue weighted by atomic mass is 35.5. The number of anilines is 1. The topological polar surface area (TPSA) is 103 Å². The van der Waals surface area contributed by atoms with Crippen molar-refractivity contribution in [1.82, 2.24) is 9.78 Å². The highest BCUT2D eigenvalue weighted by molar-refractivity contribution is 7.94. The number of hydrogen-bond acceptors (Lipinski definition) is 7. The van der Waals surface area contributed by atoms with Gasteiger partial charge in [-0.05, 0) is 97.7 Å². The number of rotatable bonds is 4. The van der Waals surface area contributed by atoms with E-state index in [2.05, 4.69) is 38.6 Å². The van der Waals surface area contributed by atoms with Crippen LogP contribution in [-0.4, -0.2) is 70.1 Å². The fraction of sp³-hybridized carbons (Fsp3) is 0.500. The summed E-state index contributed by atoms with van der Waals surface area (Å²) < 4.78 is 33.1. The van der Waals surface area contributed by atoms with Crippen molar-refractivity contribution in [3.8, 4) is 5.75 Å². The summed E-state index contributed by atoms with van der Waals surface area (Å²) in [6.07, 6.45) is 13.1. The maximum Gasteiger partial charge on any atom is 0.285 e. The van der Waals surface area contributed by atoms with Crippen LogP contribution in [0.2, 0.25) is 5.02 Å². The van der Waals surface area contributed by atoms with Gasteiger partial charge >= 0.3 is 0 Å². The Morgan fingerprint density at radius 1 is 1.20 bits per heavy atom. The molecule has 1 amide bonds. The van der Waals surface area contributed by atoms with E-state index in [1.165, 1.54) is 22.0 Å². The molecule has 2 bridgehead atoms. The van der Waals surface area contributed by atoms with Gasteiger partial charge < -0.3 is 14.4 Å². The lowest BCUT2D eigenvalue weighted by Crippen LogP contribution is -2.49. The Morgan fingerprint density at radius 3 is 2.82 bits per heavy atom. The van der Waals surface area contributed by atoms with Crippen LogP contribution in [-0.2, 0) is 33.3 Å². The lowest BCUT2D eigenvalue weighted by atomic mass is 9.68. The van der Waals surface area contributed by atoms with E-state index in [1.54, 1.807) is 26.4 Å². The van der Waals surface area contributed by atoms with Crippen molar-refractivity contribution in [2.24, 2.45) is 29.2 Å². The number of ether oxygens (including phenoxy) is 2. The predicted octanol–water partition coefficient (Wildman–Crippen LogP) is 6.67. The third-order valence-corrected chi connectivity index (χ3v) is 13.5. The molecule has 0 unspecified atom stereocenters. The molecular formula is C38H45ClN4O5S. The molecule has 0 saturated heterocycles. The molecule has 3 heterocycles. The van der Waals surface area contributed by atoms with Gasteiger partial charge in [0.25, 0.3) is 5.91 Å². The zero-order chi connectivity index (χ0) is 34.3. The summed E-state index contributed by atoms with van der Waals surface area (Å²) in [4.78, 5) is 29.7. The summed E-state index contributed by atoms with van der Waals surface area (Å²) in [5, 5.41) is 4.84. The number of Topliss-reactive ketones (excluding diaryl/α,β-unsaturated/α-hetero) is 1. The van der Waals surface area contributed by atoms with Gasteiger partial charge in [-0.2, -0.15) is 9.46 Å². The van der Waals surface area contributed by atoms with Crippen LogP contribution in [0.1, 0.15) is 70.9 Å². The number of benzene rings is 2. The minimum atomic E-state index is -3.26. The average molecular weight is 705 g/mol. The number of aromatic nitrogens is 2. The minimum Gasteiger partial charge on any atom is -0.490 e. The SMILES string of the molecule is CO[C@H]1/C=C/C[C@H](C)C[S@@](=O)(CC(=O)c2cnn(C)c2)=NC(=O)c2ccc3c(c2)N(C[C@@H]2CC[C@H]21)C[C@@]1(CCCc2cc(Cl)ccc21)CO3. The summed E-state index contributed by atoms with van der Waals surface area (Å²) in [7, 11) is 0.231. The Balaban J connectivity index is 1.31. The van der Waals surface area contributed by atoms with Crippen LogP contribution in [0.5, 0.6) is 5.75 Å². The second-order valence-electron chi connectivity index (χ2n) is 14.6. The van der Waals surface area contributed by atoms with E-state index in [-0.39, 0.29) is 34.7 Å². The number of amides is 1. The van der Waals surface area contributed by atoms with Gasteiger partial charge in [-0.1, -0.05) is 36.7 Å². The van der Waals surface area contributed by atoms with Gasteiger partial charge in [0.05, 0.1) is 45.6 Å². The van der Waals surface area contributed by atoms with Gasteiger partial charge in [0, 0.05) is 55.2 Å². The lowest BCUT2D eigenvalue weighted by Gasteiger charge is -2.46. The van der Waals surface area contributed by atoms with Crippen molar-refractivity contribution >= 4 is 38.7 Å². The van der Waals surface area contributed by atoms with Crippen LogP contribution in [0.3, 0.4) is 0 Å². The third-order valence-electron chi connectivity index (χ3n) is 11.0. The van der Waals surface area contributed by atoms with Crippen LogP contribution < -0.4 is 9.64 Å². The first-order chi connectivity index (χ1) is 23.5. The number of carbonyl (C=O) groups excluding carboxylic acids is 2. The first-order valence-electron chi connectivity index (χ1n) is 17.3. The molecule has 1 aromatic heterocycles. The highest BCUT2D eigenvalue weighted by Gasteiger charge is 2.44. The molecule has 7 rings (SSSR count). The number of nitrogens with zero attached hydrogens (tertiary/aromatic N) is 4. The standard InChI is InChI=1S/C38H45ClN4O5S/c1-25-6-4-8-35(47-3)31-12-9-28(31)20-43-23-38(15-5-7-26-16-30(39)11-13-32(26)38)24-48-36-14-10-27(17-33(36)43)37(45)41-49(46,21-25)22-34(44)29-18-40-42(2)19-29/h4,8,10-11,13-14,16-19,25,28,31,35H,5-7,9,12,15,20-24H2,1-3H3/b8-4+/t25-,28-,31+,35-,38-,49+/m0/s1. The molecule has 1 fully saturated rings. The fourth-order valence-electron chi connectivity index (χ4n) is 8.32. The first-order valence-corrected chi connectivity index (χ1v) is 19.6. The van der Waals surface area contributed by atoms with E-state index < -0.39 is 15.6 Å². The molecule has 6 atom stereocenters. The van der Waals surface area contributed by atoms with Gasteiger partial charge in [0.1, 0.15) is 5.75 Å². The van der Waals surface area contributed by atoms with E-state index in [4.69, 9.17) is 21.1 Å². The number of halogens is 1. The molecule has 0 N–H and O–H groups in total. The molecule has 0 radical (unpaired) electrons. The molecule has 11 heteroatoms. The van der Waals surface area contributed by atoms with Gasteiger partial charge in [-0.15, -0.1) is 0 Å².